The van der Waals surface area contributed by atoms with Crippen molar-refractivity contribution in [3.05, 3.63) is 138 Å². The molecule has 0 radical (unpaired) electrons. The van der Waals surface area contributed by atoms with Crippen LogP contribution in [0.25, 0.3) is 45.2 Å². The number of hydrogen-bond donors (Lipinski definition) is 0. The van der Waals surface area contributed by atoms with Crippen molar-refractivity contribution >= 4 is 0 Å². The van der Waals surface area contributed by atoms with Gasteiger partial charge < -0.3 is 4.74 Å². The molecule has 5 heteroatoms. The van der Waals surface area contributed by atoms with E-state index in [4.69, 9.17) is 19.7 Å². The van der Waals surface area contributed by atoms with Gasteiger partial charge in [0.2, 0.25) is 0 Å². The lowest BCUT2D eigenvalue weighted by molar-refractivity contribution is 0.417. The Morgan fingerprint density at radius 3 is 2.02 bits per heavy atom. The van der Waals surface area contributed by atoms with Crippen LogP contribution in [0.15, 0.2) is 121 Å². The molecule has 0 N–H and O–H groups in total. The molecule has 200 valence electrons. The minimum absolute atomic E-state index is 0.384. The number of para-hydroxylation sites is 1. The monoisotopic (exact) mass is 542 g/mol. The Labute approximate surface area is 244 Å². The van der Waals surface area contributed by atoms with E-state index in [0.717, 1.165) is 56.2 Å². The highest BCUT2D eigenvalue weighted by molar-refractivity contribution is 5.81. The molecule has 0 amide bonds. The molecule has 2 aromatic heterocycles. The average molecular weight is 543 g/mol. The molecule has 0 saturated carbocycles. The molecule has 0 unspecified atom stereocenters. The predicted molar refractivity (Wildman–Crippen MR) is 165 cm³/mol. The second-order valence-corrected chi connectivity index (χ2v) is 10.8. The third-order valence-corrected chi connectivity index (χ3v) is 7.86. The normalized spacial score (nSPS) is 12.9. The first kappa shape index (κ1) is 25.4. The van der Waals surface area contributed by atoms with Crippen molar-refractivity contribution in [1.29, 1.82) is 5.26 Å². The highest BCUT2D eigenvalue weighted by atomic mass is 16.5. The number of fused-ring (bicyclic) bond motifs is 2. The largest absolute Gasteiger partial charge is 0.455 e. The molecule has 0 atom stereocenters. The Bertz CT molecular complexity index is 1940. The first-order valence-electron chi connectivity index (χ1n) is 13.8. The number of aromatic nitrogens is 3. The molecule has 0 fully saturated rings. The standard InChI is InChI=1S/C37H26N4O/c1-37(2)29-17-9-15-27(23-38)35(29)42-33-19-18-26(21-30(33)37)34-28(16-10-20-39-34)36-40-31(24-11-5-3-6-12-24)22-32(41-36)25-13-7-4-8-14-25/h3-22H,1-2H3. The predicted octanol–water partition coefficient (Wildman–Crippen LogP) is 8.84. The zero-order valence-electron chi connectivity index (χ0n) is 23.2. The van der Waals surface area contributed by atoms with Crippen LogP contribution in [-0.2, 0) is 5.41 Å². The van der Waals surface area contributed by atoms with Crippen molar-refractivity contribution < 1.29 is 4.74 Å². The van der Waals surface area contributed by atoms with Crippen molar-refractivity contribution in [2.24, 2.45) is 0 Å². The average Bonchev–Trinajstić information content (AvgIpc) is 3.05. The van der Waals surface area contributed by atoms with E-state index in [1.807, 2.05) is 78.9 Å². The number of nitrogens with zero attached hydrogens (tertiary/aromatic N) is 4. The van der Waals surface area contributed by atoms with Crippen LogP contribution in [0.2, 0.25) is 0 Å². The Balaban J connectivity index is 1.38. The molecule has 5 nitrogen and oxygen atoms in total. The Morgan fingerprint density at radius 1 is 0.667 bits per heavy atom. The molecular formula is C37H26N4O. The van der Waals surface area contributed by atoms with Gasteiger partial charge in [-0.1, -0.05) is 86.6 Å². The lowest BCUT2D eigenvalue weighted by Gasteiger charge is -2.35. The molecule has 0 saturated heterocycles. The number of ether oxygens (including phenoxy) is 1. The molecular weight excluding hydrogens is 516 g/mol. The van der Waals surface area contributed by atoms with Gasteiger partial charge >= 0.3 is 0 Å². The Kier molecular flexibility index (Phi) is 6.10. The van der Waals surface area contributed by atoms with Crippen LogP contribution >= 0.6 is 0 Å². The van der Waals surface area contributed by atoms with E-state index < -0.39 is 0 Å². The molecule has 4 aromatic carbocycles. The van der Waals surface area contributed by atoms with Crippen LogP contribution in [0.5, 0.6) is 11.5 Å². The van der Waals surface area contributed by atoms with Crippen LogP contribution in [0.3, 0.4) is 0 Å². The van der Waals surface area contributed by atoms with E-state index in [-0.39, 0.29) is 5.41 Å². The van der Waals surface area contributed by atoms with Crippen LogP contribution in [0, 0.1) is 11.3 Å². The molecule has 0 spiro atoms. The van der Waals surface area contributed by atoms with Gasteiger partial charge in [-0.15, -0.1) is 0 Å². The highest BCUT2D eigenvalue weighted by Crippen LogP contribution is 2.50. The summed E-state index contributed by atoms with van der Waals surface area (Å²) in [7, 11) is 0. The van der Waals surface area contributed by atoms with Crippen molar-refractivity contribution in [1.82, 2.24) is 15.0 Å². The third kappa shape index (κ3) is 4.31. The van der Waals surface area contributed by atoms with E-state index in [0.29, 0.717) is 17.1 Å². The summed E-state index contributed by atoms with van der Waals surface area (Å²) in [6.45, 7) is 4.33. The summed E-state index contributed by atoms with van der Waals surface area (Å²) < 4.78 is 6.30. The van der Waals surface area contributed by atoms with E-state index in [1.54, 1.807) is 12.3 Å². The SMILES string of the molecule is CC1(C)c2cc(-c3ncccc3-c3nc(-c4ccccc4)cc(-c4ccccc4)n3)ccc2Oc2c(C#N)cccc21. The number of nitriles is 1. The molecule has 1 aliphatic heterocycles. The van der Waals surface area contributed by atoms with E-state index in [9.17, 15) is 5.26 Å². The highest BCUT2D eigenvalue weighted by Gasteiger charge is 2.36. The lowest BCUT2D eigenvalue weighted by Crippen LogP contribution is -2.24. The van der Waals surface area contributed by atoms with Crippen molar-refractivity contribution in [3.63, 3.8) is 0 Å². The van der Waals surface area contributed by atoms with Crippen LogP contribution in [0.1, 0.15) is 30.5 Å². The zero-order valence-corrected chi connectivity index (χ0v) is 23.2. The van der Waals surface area contributed by atoms with Crippen LogP contribution in [-0.4, -0.2) is 15.0 Å². The maximum atomic E-state index is 9.68. The van der Waals surface area contributed by atoms with Gasteiger partial charge in [0.25, 0.3) is 0 Å². The fourth-order valence-electron chi connectivity index (χ4n) is 5.63. The summed E-state index contributed by atoms with van der Waals surface area (Å²) in [6.07, 6.45) is 1.80. The summed E-state index contributed by atoms with van der Waals surface area (Å²) in [4.78, 5) is 14.9. The fourth-order valence-corrected chi connectivity index (χ4v) is 5.63. The van der Waals surface area contributed by atoms with Crippen molar-refractivity contribution in [2.75, 3.05) is 0 Å². The summed E-state index contributed by atoms with van der Waals surface area (Å²) in [5, 5.41) is 9.68. The number of pyridine rings is 1. The molecule has 42 heavy (non-hydrogen) atoms. The smallest absolute Gasteiger partial charge is 0.162 e. The van der Waals surface area contributed by atoms with E-state index in [2.05, 4.69) is 50.2 Å². The molecule has 3 heterocycles. The first-order chi connectivity index (χ1) is 20.5. The lowest BCUT2D eigenvalue weighted by atomic mass is 9.74. The topological polar surface area (TPSA) is 71.7 Å². The number of benzene rings is 4. The second kappa shape index (κ2) is 10.1. The third-order valence-electron chi connectivity index (χ3n) is 7.86. The van der Waals surface area contributed by atoms with Gasteiger partial charge in [-0.05, 0) is 42.5 Å². The molecule has 6 aromatic rings. The maximum absolute atomic E-state index is 9.68. The van der Waals surface area contributed by atoms with Crippen molar-refractivity contribution in [3.8, 4) is 62.7 Å². The number of rotatable bonds is 4. The molecule has 1 aliphatic rings. The summed E-state index contributed by atoms with van der Waals surface area (Å²) in [5.74, 6) is 1.98. The molecule has 7 rings (SSSR count). The molecule has 0 aliphatic carbocycles. The summed E-state index contributed by atoms with van der Waals surface area (Å²) in [5.41, 5.74) is 8.47. The van der Waals surface area contributed by atoms with Gasteiger partial charge in [0.05, 0.1) is 22.6 Å². The zero-order chi connectivity index (χ0) is 28.7. The van der Waals surface area contributed by atoms with Gasteiger partial charge in [0.15, 0.2) is 5.82 Å². The second-order valence-electron chi connectivity index (χ2n) is 10.8. The fraction of sp³-hybridized carbons (Fsp3) is 0.0811. The van der Waals surface area contributed by atoms with Crippen LogP contribution < -0.4 is 4.74 Å². The maximum Gasteiger partial charge on any atom is 0.162 e. The van der Waals surface area contributed by atoms with Gasteiger partial charge in [0.1, 0.15) is 17.6 Å². The Morgan fingerprint density at radius 2 is 1.36 bits per heavy atom. The quantitative estimate of drug-likeness (QED) is 0.222. The van der Waals surface area contributed by atoms with Gasteiger partial charge in [0, 0.05) is 45.0 Å². The Hall–Kier alpha value is -5.60. The van der Waals surface area contributed by atoms with Crippen molar-refractivity contribution in [2.45, 2.75) is 19.3 Å². The van der Waals surface area contributed by atoms with Gasteiger partial charge in [-0.2, -0.15) is 5.26 Å². The molecule has 0 bridgehead atoms. The number of hydrogen-bond acceptors (Lipinski definition) is 5. The first-order valence-corrected chi connectivity index (χ1v) is 13.8. The van der Waals surface area contributed by atoms with Crippen LogP contribution in [0.4, 0.5) is 0 Å². The van der Waals surface area contributed by atoms with E-state index in [1.165, 1.54) is 0 Å². The summed E-state index contributed by atoms with van der Waals surface area (Å²) >= 11 is 0. The minimum atomic E-state index is -0.384. The minimum Gasteiger partial charge on any atom is -0.455 e. The van der Waals surface area contributed by atoms with Gasteiger partial charge in [-0.3, -0.25) is 4.98 Å². The van der Waals surface area contributed by atoms with Gasteiger partial charge in [-0.25, -0.2) is 9.97 Å². The van der Waals surface area contributed by atoms with E-state index >= 15 is 0 Å². The summed E-state index contributed by atoms with van der Waals surface area (Å²) in [6, 6.07) is 40.4.